The molecule has 1 aromatic rings. The third-order valence-corrected chi connectivity index (χ3v) is 6.02. The molecule has 0 N–H and O–H groups in total. The summed E-state index contributed by atoms with van der Waals surface area (Å²) in [6.07, 6.45) is 2.86. The molecular formula is C24H34O4. The lowest BCUT2D eigenvalue weighted by Crippen LogP contribution is -2.40. The van der Waals surface area contributed by atoms with E-state index in [2.05, 4.69) is 46.8 Å². The minimum absolute atomic E-state index is 0.0167. The van der Waals surface area contributed by atoms with Crippen molar-refractivity contribution in [2.45, 2.75) is 78.9 Å². The van der Waals surface area contributed by atoms with E-state index in [1.54, 1.807) is 0 Å². The van der Waals surface area contributed by atoms with Crippen molar-refractivity contribution < 1.29 is 19.1 Å². The van der Waals surface area contributed by atoms with Gasteiger partial charge >= 0.3 is 0 Å². The van der Waals surface area contributed by atoms with Crippen LogP contribution in [-0.2, 0) is 31.9 Å². The molecule has 28 heavy (non-hydrogen) atoms. The molecule has 0 atom stereocenters. The SMILES string of the molecule is CCc1cc(C)cc(CC)c1C1C(=O)CC(CC2OCC(C)(C)CO2)CC1=O. The van der Waals surface area contributed by atoms with Crippen LogP contribution in [0, 0.1) is 18.3 Å². The van der Waals surface area contributed by atoms with Crippen molar-refractivity contribution in [1.82, 2.24) is 0 Å². The number of hydrogen-bond donors (Lipinski definition) is 0. The summed E-state index contributed by atoms with van der Waals surface area (Å²) in [6.45, 7) is 11.8. The highest BCUT2D eigenvalue weighted by Crippen LogP contribution is 2.38. The molecule has 0 radical (unpaired) electrons. The van der Waals surface area contributed by atoms with E-state index >= 15 is 0 Å². The minimum atomic E-state index is -0.589. The van der Waals surface area contributed by atoms with Gasteiger partial charge in [0.1, 0.15) is 17.5 Å². The van der Waals surface area contributed by atoms with Gasteiger partial charge in [0.15, 0.2) is 6.29 Å². The molecule has 1 heterocycles. The molecule has 1 aliphatic heterocycles. The van der Waals surface area contributed by atoms with E-state index in [1.807, 2.05) is 0 Å². The van der Waals surface area contributed by atoms with Crippen molar-refractivity contribution in [2.24, 2.45) is 11.3 Å². The highest BCUT2D eigenvalue weighted by molar-refractivity contribution is 6.10. The van der Waals surface area contributed by atoms with Crippen molar-refractivity contribution in [3.05, 3.63) is 34.4 Å². The van der Waals surface area contributed by atoms with Gasteiger partial charge < -0.3 is 9.47 Å². The van der Waals surface area contributed by atoms with Crippen molar-refractivity contribution in [1.29, 1.82) is 0 Å². The first-order valence-corrected chi connectivity index (χ1v) is 10.6. The van der Waals surface area contributed by atoms with Crippen LogP contribution in [-0.4, -0.2) is 31.1 Å². The Labute approximate surface area is 169 Å². The maximum Gasteiger partial charge on any atom is 0.157 e. The average molecular weight is 387 g/mol. The first-order valence-electron chi connectivity index (χ1n) is 10.6. The molecule has 1 saturated carbocycles. The summed E-state index contributed by atoms with van der Waals surface area (Å²) in [7, 11) is 0. The van der Waals surface area contributed by atoms with Gasteiger partial charge in [-0.1, -0.05) is 45.4 Å². The lowest BCUT2D eigenvalue weighted by atomic mass is 9.72. The smallest absolute Gasteiger partial charge is 0.157 e. The highest BCUT2D eigenvalue weighted by atomic mass is 16.7. The number of aryl methyl sites for hydroxylation is 3. The fourth-order valence-electron chi connectivity index (χ4n) is 4.59. The molecule has 0 spiro atoms. The van der Waals surface area contributed by atoms with Gasteiger partial charge in [-0.05, 0) is 42.4 Å². The van der Waals surface area contributed by atoms with E-state index in [0.717, 1.165) is 29.5 Å². The van der Waals surface area contributed by atoms with E-state index < -0.39 is 5.92 Å². The maximum atomic E-state index is 13.1. The van der Waals surface area contributed by atoms with Crippen LogP contribution in [0.4, 0.5) is 0 Å². The molecule has 0 unspecified atom stereocenters. The zero-order valence-corrected chi connectivity index (χ0v) is 18.0. The van der Waals surface area contributed by atoms with E-state index in [-0.39, 0.29) is 29.2 Å². The lowest BCUT2D eigenvalue weighted by molar-refractivity contribution is -0.228. The predicted molar refractivity (Wildman–Crippen MR) is 110 cm³/mol. The molecular weight excluding hydrogens is 352 g/mol. The largest absolute Gasteiger partial charge is 0.352 e. The topological polar surface area (TPSA) is 52.6 Å². The van der Waals surface area contributed by atoms with Crippen LogP contribution >= 0.6 is 0 Å². The Kier molecular flexibility index (Phi) is 6.41. The summed E-state index contributed by atoms with van der Waals surface area (Å²) in [6, 6.07) is 4.26. The summed E-state index contributed by atoms with van der Waals surface area (Å²) in [5.74, 6) is -0.451. The van der Waals surface area contributed by atoms with Crippen molar-refractivity contribution in [3.63, 3.8) is 0 Å². The highest BCUT2D eigenvalue weighted by Gasteiger charge is 2.40. The van der Waals surface area contributed by atoms with E-state index in [0.29, 0.717) is 32.5 Å². The van der Waals surface area contributed by atoms with Gasteiger partial charge in [0.2, 0.25) is 0 Å². The summed E-state index contributed by atoms with van der Waals surface area (Å²) < 4.78 is 11.6. The van der Waals surface area contributed by atoms with Gasteiger partial charge in [0.25, 0.3) is 0 Å². The molecule has 4 nitrogen and oxygen atoms in total. The second-order valence-corrected chi connectivity index (χ2v) is 9.30. The first-order chi connectivity index (χ1) is 13.2. The Morgan fingerprint density at radius 1 is 0.964 bits per heavy atom. The number of ether oxygens (including phenoxy) is 2. The summed E-state index contributed by atoms with van der Waals surface area (Å²) in [5.41, 5.74) is 4.49. The molecule has 1 aliphatic carbocycles. The molecule has 2 fully saturated rings. The molecule has 1 aromatic carbocycles. The zero-order valence-electron chi connectivity index (χ0n) is 18.0. The summed E-state index contributed by atoms with van der Waals surface area (Å²) in [5, 5.41) is 0. The van der Waals surface area contributed by atoms with Gasteiger partial charge in [0, 0.05) is 24.7 Å². The Hall–Kier alpha value is -1.52. The second-order valence-electron chi connectivity index (χ2n) is 9.30. The van der Waals surface area contributed by atoms with Crippen molar-refractivity contribution in [3.8, 4) is 0 Å². The van der Waals surface area contributed by atoms with E-state index in [4.69, 9.17) is 9.47 Å². The predicted octanol–water partition coefficient (Wildman–Crippen LogP) is 4.54. The number of Topliss-reactive ketones (excluding diaryl/α,β-unsaturated/α-hetero) is 2. The molecule has 0 aromatic heterocycles. The summed E-state index contributed by atoms with van der Waals surface area (Å²) >= 11 is 0. The van der Waals surface area contributed by atoms with Crippen LogP contribution in [0.15, 0.2) is 12.1 Å². The standard InChI is InChI=1S/C24H34O4/c1-6-17-8-15(3)9-18(7-2)22(17)23-19(25)10-16(11-20(23)26)12-21-27-13-24(4,5)14-28-21/h8-9,16,21,23H,6-7,10-14H2,1-5H3. The van der Waals surface area contributed by atoms with Crippen LogP contribution in [0.2, 0.25) is 0 Å². The second kappa shape index (κ2) is 8.46. The third-order valence-electron chi connectivity index (χ3n) is 6.02. The summed E-state index contributed by atoms with van der Waals surface area (Å²) in [4.78, 5) is 26.2. The van der Waals surface area contributed by atoms with Gasteiger partial charge in [-0.25, -0.2) is 0 Å². The number of carbonyl (C=O) groups is 2. The molecule has 1 saturated heterocycles. The van der Waals surface area contributed by atoms with Crippen molar-refractivity contribution >= 4 is 11.6 Å². The molecule has 0 amide bonds. The molecule has 154 valence electrons. The number of benzene rings is 1. The fraction of sp³-hybridized carbons (Fsp3) is 0.667. The van der Waals surface area contributed by atoms with Gasteiger partial charge in [0.05, 0.1) is 13.2 Å². The Balaban J connectivity index is 1.75. The van der Waals surface area contributed by atoms with E-state index in [1.165, 1.54) is 5.56 Å². The first kappa shape index (κ1) is 21.2. The normalized spacial score (nSPS) is 25.9. The maximum absolute atomic E-state index is 13.1. The Morgan fingerprint density at radius 2 is 1.46 bits per heavy atom. The van der Waals surface area contributed by atoms with Crippen LogP contribution in [0.1, 0.15) is 75.1 Å². The minimum Gasteiger partial charge on any atom is -0.352 e. The lowest BCUT2D eigenvalue weighted by Gasteiger charge is -2.37. The number of carbonyl (C=O) groups excluding carboxylic acids is 2. The quantitative estimate of drug-likeness (QED) is 0.697. The van der Waals surface area contributed by atoms with Gasteiger partial charge in [-0.15, -0.1) is 0 Å². The Morgan fingerprint density at radius 3 is 1.93 bits per heavy atom. The monoisotopic (exact) mass is 386 g/mol. The van der Waals surface area contributed by atoms with Crippen molar-refractivity contribution in [2.75, 3.05) is 13.2 Å². The van der Waals surface area contributed by atoms with Crippen LogP contribution in [0.3, 0.4) is 0 Å². The fourth-order valence-corrected chi connectivity index (χ4v) is 4.59. The molecule has 4 heteroatoms. The third kappa shape index (κ3) is 4.55. The van der Waals surface area contributed by atoms with Gasteiger partial charge in [-0.2, -0.15) is 0 Å². The van der Waals surface area contributed by atoms with Gasteiger partial charge in [-0.3, -0.25) is 9.59 Å². The number of rotatable bonds is 5. The molecule has 2 aliphatic rings. The number of hydrogen-bond acceptors (Lipinski definition) is 4. The van der Waals surface area contributed by atoms with E-state index in [9.17, 15) is 9.59 Å². The van der Waals surface area contributed by atoms with Crippen LogP contribution in [0.5, 0.6) is 0 Å². The Bertz CT molecular complexity index is 696. The average Bonchev–Trinajstić information content (AvgIpc) is 2.63. The number of ketones is 2. The zero-order chi connectivity index (χ0) is 20.5. The molecule has 3 rings (SSSR count). The van der Waals surface area contributed by atoms with Crippen LogP contribution in [0.25, 0.3) is 0 Å². The van der Waals surface area contributed by atoms with Crippen LogP contribution < -0.4 is 0 Å². The molecule has 0 bridgehead atoms.